The summed E-state index contributed by atoms with van der Waals surface area (Å²) in [6.45, 7) is 0. The van der Waals surface area contributed by atoms with Crippen molar-refractivity contribution in [3.63, 3.8) is 0 Å². The van der Waals surface area contributed by atoms with Crippen molar-refractivity contribution in [3.8, 4) is 11.4 Å². The first-order valence-electron chi connectivity index (χ1n) is 6.48. The van der Waals surface area contributed by atoms with Gasteiger partial charge in [-0.15, -0.1) is 0 Å². The first kappa shape index (κ1) is 15.9. The predicted molar refractivity (Wildman–Crippen MR) is 92.3 cm³/mol. The summed E-state index contributed by atoms with van der Waals surface area (Å²) in [5.74, 6) is -0.0122. The molecule has 0 fully saturated rings. The molecule has 0 atom stereocenters. The maximum absolute atomic E-state index is 13.8. The lowest BCUT2D eigenvalue weighted by Crippen LogP contribution is -1.97. The molecule has 0 bridgehead atoms. The molecular weight excluding hydrogens is 358 g/mol. The molecule has 0 aliphatic carbocycles. The van der Waals surface area contributed by atoms with Crippen molar-refractivity contribution in [1.82, 2.24) is 14.9 Å². The van der Waals surface area contributed by atoms with E-state index in [2.05, 4.69) is 15.3 Å². The minimum absolute atomic E-state index is 0.175. The van der Waals surface area contributed by atoms with E-state index in [1.807, 2.05) is 6.07 Å². The van der Waals surface area contributed by atoms with Gasteiger partial charge in [0, 0.05) is 16.1 Å². The minimum atomic E-state index is -0.472. The summed E-state index contributed by atoms with van der Waals surface area (Å²) in [5, 5.41) is 11.8. The first-order chi connectivity index (χ1) is 11.1. The molecule has 0 amide bonds. The number of rotatable bonds is 3. The third-order valence-corrected chi connectivity index (χ3v) is 3.86. The summed E-state index contributed by atoms with van der Waals surface area (Å²) in [6.07, 6.45) is 1.30. The van der Waals surface area contributed by atoms with Gasteiger partial charge in [-0.2, -0.15) is 14.9 Å². The van der Waals surface area contributed by atoms with Crippen LogP contribution in [0.5, 0.6) is 0 Å². The van der Waals surface area contributed by atoms with E-state index < -0.39 is 5.82 Å². The average molecular weight is 367 g/mol. The Kier molecular flexibility index (Phi) is 4.56. The zero-order valence-corrected chi connectivity index (χ0v) is 13.8. The van der Waals surface area contributed by atoms with Crippen LogP contribution in [-0.2, 0) is 0 Å². The monoisotopic (exact) mass is 366 g/mol. The van der Waals surface area contributed by atoms with Crippen LogP contribution in [0.1, 0.15) is 5.56 Å². The van der Waals surface area contributed by atoms with E-state index in [-0.39, 0.29) is 15.4 Å². The second-order valence-corrected chi connectivity index (χ2v) is 5.78. The van der Waals surface area contributed by atoms with Crippen LogP contribution in [-0.4, -0.2) is 21.1 Å². The molecular formula is C15H9Cl2FN4S. The Hall–Kier alpha value is -2.02. The summed E-state index contributed by atoms with van der Waals surface area (Å²) in [4.78, 5) is 0. The van der Waals surface area contributed by atoms with E-state index in [9.17, 15) is 4.39 Å². The molecule has 116 valence electrons. The quantitative estimate of drug-likeness (QED) is 0.527. The third-order valence-electron chi connectivity index (χ3n) is 3.04. The molecule has 1 N–H and O–H groups in total. The van der Waals surface area contributed by atoms with Crippen LogP contribution in [0.2, 0.25) is 10.0 Å². The highest BCUT2D eigenvalue weighted by molar-refractivity contribution is 7.71. The lowest BCUT2D eigenvalue weighted by Gasteiger charge is -2.02. The molecule has 0 unspecified atom stereocenters. The van der Waals surface area contributed by atoms with Crippen molar-refractivity contribution in [2.75, 3.05) is 0 Å². The summed E-state index contributed by atoms with van der Waals surface area (Å²) in [5.41, 5.74) is 0.899. The van der Waals surface area contributed by atoms with Gasteiger partial charge in [0.15, 0.2) is 5.82 Å². The summed E-state index contributed by atoms with van der Waals surface area (Å²) in [6, 6.07) is 11.5. The SMILES string of the molecule is Fc1cccc(Cl)c1C=Nn1c(-c2cccc(Cl)c2)n[nH]c1=S. The van der Waals surface area contributed by atoms with Gasteiger partial charge in [0.1, 0.15) is 5.82 Å². The van der Waals surface area contributed by atoms with Gasteiger partial charge in [0.05, 0.1) is 11.2 Å². The number of nitrogens with one attached hydrogen (secondary N) is 1. The Morgan fingerprint density at radius 3 is 2.74 bits per heavy atom. The van der Waals surface area contributed by atoms with Crippen LogP contribution in [0, 0.1) is 10.6 Å². The molecule has 0 radical (unpaired) electrons. The highest BCUT2D eigenvalue weighted by Gasteiger charge is 2.09. The number of aromatic amines is 1. The molecule has 8 heteroatoms. The van der Waals surface area contributed by atoms with Gasteiger partial charge < -0.3 is 0 Å². The van der Waals surface area contributed by atoms with Crippen molar-refractivity contribution in [1.29, 1.82) is 0 Å². The van der Waals surface area contributed by atoms with Crippen LogP contribution >= 0.6 is 35.4 Å². The van der Waals surface area contributed by atoms with E-state index in [0.29, 0.717) is 10.8 Å². The molecule has 2 aromatic carbocycles. The predicted octanol–water partition coefficient (Wildman–Crippen LogP) is 4.94. The molecule has 1 aromatic heterocycles. The zero-order valence-electron chi connectivity index (χ0n) is 11.5. The maximum atomic E-state index is 13.8. The van der Waals surface area contributed by atoms with Gasteiger partial charge in [-0.05, 0) is 36.5 Å². The smallest absolute Gasteiger partial charge is 0.216 e. The topological polar surface area (TPSA) is 46.0 Å². The second kappa shape index (κ2) is 6.62. The molecule has 3 rings (SSSR count). The van der Waals surface area contributed by atoms with Crippen LogP contribution in [0.4, 0.5) is 4.39 Å². The van der Waals surface area contributed by atoms with Gasteiger partial charge in [0.2, 0.25) is 4.77 Å². The van der Waals surface area contributed by atoms with E-state index in [4.69, 9.17) is 35.4 Å². The van der Waals surface area contributed by atoms with E-state index in [1.165, 1.54) is 23.0 Å². The third kappa shape index (κ3) is 3.34. The fourth-order valence-electron chi connectivity index (χ4n) is 1.96. The summed E-state index contributed by atoms with van der Waals surface area (Å²) in [7, 11) is 0. The number of benzene rings is 2. The van der Waals surface area contributed by atoms with E-state index in [0.717, 1.165) is 5.56 Å². The Morgan fingerprint density at radius 2 is 2.00 bits per heavy atom. The number of hydrogen-bond acceptors (Lipinski definition) is 3. The van der Waals surface area contributed by atoms with Crippen molar-refractivity contribution in [3.05, 3.63) is 68.7 Å². The van der Waals surface area contributed by atoms with Crippen molar-refractivity contribution in [2.24, 2.45) is 5.10 Å². The molecule has 1 heterocycles. The maximum Gasteiger partial charge on any atom is 0.216 e. The van der Waals surface area contributed by atoms with Crippen LogP contribution in [0.25, 0.3) is 11.4 Å². The zero-order chi connectivity index (χ0) is 16.4. The van der Waals surface area contributed by atoms with Gasteiger partial charge in [-0.1, -0.05) is 41.4 Å². The largest absolute Gasteiger partial charge is 0.250 e. The lowest BCUT2D eigenvalue weighted by atomic mass is 10.2. The fourth-order valence-corrected chi connectivity index (χ4v) is 2.54. The number of hydrogen-bond donors (Lipinski definition) is 1. The van der Waals surface area contributed by atoms with Gasteiger partial charge in [-0.25, -0.2) is 9.49 Å². The lowest BCUT2D eigenvalue weighted by molar-refractivity contribution is 0.625. The van der Waals surface area contributed by atoms with Crippen molar-refractivity contribution < 1.29 is 4.39 Å². The van der Waals surface area contributed by atoms with Crippen molar-refractivity contribution >= 4 is 41.6 Å². The highest BCUT2D eigenvalue weighted by atomic mass is 35.5. The van der Waals surface area contributed by atoms with Crippen LogP contribution in [0.3, 0.4) is 0 Å². The number of nitrogens with zero attached hydrogens (tertiary/aromatic N) is 3. The van der Waals surface area contributed by atoms with Crippen molar-refractivity contribution in [2.45, 2.75) is 0 Å². The van der Waals surface area contributed by atoms with Crippen LogP contribution < -0.4 is 0 Å². The second-order valence-electron chi connectivity index (χ2n) is 4.55. The average Bonchev–Trinajstić information content (AvgIpc) is 2.88. The molecule has 0 saturated carbocycles. The Morgan fingerprint density at radius 1 is 1.22 bits per heavy atom. The molecule has 0 aliphatic heterocycles. The van der Waals surface area contributed by atoms with E-state index >= 15 is 0 Å². The Balaban J connectivity index is 2.06. The molecule has 0 aliphatic rings. The molecule has 3 aromatic rings. The number of H-pyrrole nitrogens is 1. The molecule has 4 nitrogen and oxygen atoms in total. The Labute approximate surface area is 146 Å². The van der Waals surface area contributed by atoms with Gasteiger partial charge in [-0.3, -0.25) is 0 Å². The standard InChI is InChI=1S/C15H9Cl2FN4S/c16-10-4-1-3-9(7-10)14-20-21-15(23)22(14)19-8-11-12(17)5-2-6-13(11)18/h1-8H,(H,21,23). The minimum Gasteiger partial charge on any atom is -0.250 e. The number of aromatic nitrogens is 3. The number of halogens is 3. The molecule has 0 saturated heterocycles. The highest BCUT2D eigenvalue weighted by Crippen LogP contribution is 2.22. The Bertz CT molecular complexity index is 928. The van der Waals surface area contributed by atoms with E-state index in [1.54, 1.807) is 24.3 Å². The molecule has 23 heavy (non-hydrogen) atoms. The fraction of sp³-hybridized carbons (Fsp3) is 0. The normalized spacial score (nSPS) is 11.3. The van der Waals surface area contributed by atoms with Crippen LogP contribution in [0.15, 0.2) is 47.6 Å². The first-order valence-corrected chi connectivity index (χ1v) is 7.64. The van der Waals surface area contributed by atoms with Gasteiger partial charge in [0.25, 0.3) is 0 Å². The molecule has 0 spiro atoms. The van der Waals surface area contributed by atoms with Gasteiger partial charge >= 0.3 is 0 Å². The summed E-state index contributed by atoms with van der Waals surface area (Å²) >= 11 is 17.1. The summed E-state index contributed by atoms with van der Waals surface area (Å²) < 4.78 is 15.5.